The van der Waals surface area contributed by atoms with Crippen molar-refractivity contribution < 1.29 is 35.9 Å². The molecule has 0 radical (unpaired) electrons. The Morgan fingerprint density at radius 3 is 1.94 bits per heavy atom. The summed E-state index contributed by atoms with van der Waals surface area (Å²) in [4.78, 5) is 31.2. The predicted molar refractivity (Wildman–Crippen MR) is 171 cm³/mol. The third-order valence-electron chi connectivity index (χ3n) is 8.68. The number of benzene rings is 4. The van der Waals surface area contributed by atoms with Gasteiger partial charge in [-0.15, -0.1) is 0 Å². The lowest BCUT2D eigenvalue weighted by molar-refractivity contribution is -0.141. The molecule has 6 nitrogen and oxygen atoms in total. The zero-order chi connectivity index (χ0) is 34.8. The second-order valence-electron chi connectivity index (χ2n) is 11.8. The first kappa shape index (κ1) is 33.5. The number of nitrogens with one attached hydrogen (secondary N) is 2. The van der Waals surface area contributed by atoms with Gasteiger partial charge in [0.1, 0.15) is 12.0 Å². The summed E-state index contributed by atoms with van der Waals surface area (Å²) >= 11 is 0. The molecule has 0 unspecified atom stereocenters. The molecule has 6 rings (SSSR count). The van der Waals surface area contributed by atoms with Crippen LogP contribution in [-0.2, 0) is 29.5 Å². The summed E-state index contributed by atoms with van der Waals surface area (Å²) < 4.78 is 80.4. The van der Waals surface area contributed by atoms with Crippen LogP contribution in [0.5, 0.6) is 0 Å². The van der Waals surface area contributed by atoms with E-state index in [0.717, 1.165) is 23.3 Å². The van der Waals surface area contributed by atoms with Crippen LogP contribution >= 0.6 is 0 Å². The highest BCUT2D eigenvalue weighted by molar-refractivity contribution is 6.01. The van der Waals surface area contributed by atoms with Crippen LogP contribution in [0.15, 0.2) is 110 Å². The van der Waals surface area contributed by atoms with E-state index >= 15 is 0 Å². The highest BCUT2D eigenvalue weighted by atomic mass is 19.4. The monoisotopic (exact) mass is 676 g/mol. The molecule has 0 bridgehead atoms. The molecule has 12 heteroatoms. The van der Waals surface area contributed by atoms with Crippen molar-refractivity contribution >= 4 is 11.8 Å². The van der Waals surface area contributed by atoms with Gasteiger partial charge in [0.05, 0.1) is 24.1 Å². The van der Waals surface area contributed by atoms with Crippen LogP contribution in [0.4, 0.5) is 26.3 Å². The second kappa shape index (κ2) is 13.3. The Hall–Kier alpha value is -5.39. The van der Waals surface area contributed by atoms with Gasteiger partial charge in [-0.05, 0) is 64.4 Å². The van der Waals surface area contributed by atoms with Gasteiger partial charge in [-0.25, -0.2) is 4.98 Å². The molecule has 1 aromatic heterocycles. The van der Waals surface area contributed by atoms with Crippen LogP contribution < -0.4 is 10.6 Å². The molecule has 1 aliphatic rings. The third kappa shape index (κ3) is 6.94. The molecule has 5 aromatic rings. The summed E-state index contributed by atoms with van der Waals surface area (Å²) in [6.07, 6.45) is -5.08. The average molecular weight is 677 g/mol. The number of hydrogen-bond acceptors (Lipinski definition) is 3. The summed E-state index contributed by atoms with van der Waals surface area (Å²) in [5.74, 6) is -1.15. The number of alkyl halides is 6. The van der Waals surface area contributed by atoms with Crippen molar-refractivity contribution in [1.29, 1.82) is 0 Å². The number of carbonyl (C=O) groups is 2. The normalized spacial score (nSPS) is 13.4. The summed E-state index contributed by atoms with van der Waals surface area (Å²) in [7, 11) is 0. The van der Waals surface area contributed by atoms with Crippen LogP contribution in [0.3, 0.4) is 0 Å². The van der Waals surface area contributed by atoms with Crippen molar-refractivity contribution in [3.63, 3.8) is 0 Å². The first-order valence-electron chi connectivity index (χ1n) is 15.5. The number of aromatic nitrogens is 2. The van der Waals surface area contributed by atoms with E-state index in [1.54, 1.807) is 65.6 Å². The minimum Gasteiger partial charge on any atom is -0.346 e. The minimum atomic E-state index is -4.57. The van der Waals surface area contributed by atoms with Gasteiger partial charge in [-0.3, -0.25) is 9.59 Å². The largest absolute Gasteiger partial charge is 0.416 e. The number of carbonyl (C=O) groups excluding carboxylic acids is 2. The number of hydrogen-bond donors (Lipinski definition) is 2. The summed E-state index contributed by atoms with van der Waals surface area (Å²) in [5.41, 5.74) is 2.57. The number of aryl methyl sites for hydroxylation is 1. The SMILES string of the molecule is O=C(NCc1cn(CCCC2(C(=O)NCC(F)(F)F)c3ccccc3-c3ccccc32)cn1)c1ccccc1-c1ccc(C(F)(F)F)cc1. The molecule has 0 fully saturated rings. The Morgan fingerprint density at radius 1 is 0.735 bits per heavy atom. The highest BCUT2D eigenvalue weighted by Crippen LogP contribution is 2.51. The Kier molecular flexibility index (Phi) is 9.06. The number of amides is 2. The number of fused-ring (bicyclic) bond motifs is 3. The van der Waals surface area contributed by atoms with Crippen LogP contribution in [0.2, 0.25) is 0 Å². The van der Waals surface area contributed by atoms with E-state index < -0.39 is 41.7 Å². The van der Waals surface area contributed by atoms with Crippen LogP contribution in [0.1, 0.15) is 45.6 Å². The molecule has 1 heterocycles. The Balaban J connectivity index is 1.14. The van der Waals surface area contributed by atoms with Crippen LogP contribution in [0, 0.1) is 0 Å². The van der Waals surface area contributed by atoms with E-state index in [4.69, 9.17) is 0 Å². The average Bonchev–Trinajstić information content (AvgIpc) is 3.66. The first-order chi connectivity index (χ1) is 23.4. The van der Waals surface area contributed by atoms with Crippen molar-refractivity contribution in [2.75, 3.05) is 6.54 Å². The Morgan fingerprint density at radius 2 is 1.33 bits per heavy atom. The van der Waals surface area contributed by atoms with Crippen molar-refractivity contribution in [3.05, 3.63) is 138 Å². The van der Waals surface area contributed by atoms with Gasteiger partial charge in [-0.1, -0.05) is 78.9 Å². The first-order valence-corrected chi connectivity index (χ1v) is 15.5. The summed E-state index contributed by atoms with van der Waals surface area (Å²) in [6, 6.07) is 25.7. The molecule has 4 aromatic carbocycles. The van der Waals surface area contributed by atoms with E-state index in [9.17, 15) is 35.9 Å². The quantitative estimate of drug-likeness (QED) is 0.148. The predicted octanol–water partition coefficient (Wildman–Crippen LogP) is 7.92. The molecule has 1 aliphatic carbocycles. The van der Waals surface area contributed by atoms with Gasteiger partial charge in [0.25, 0.3) is 5.91 Å². The molecule has 0 atom stereocenters. The fraction of sp³-hybridized carbons (Fsp3) is 0.216. The van der Waals surface area contributed by atoms with Gasteiger partial charge in [0.15, 0.2) is 0 Å². The molecule has 49 heavy (non-hydrogen) atoms. The van der Waals surface area contributed by atoms with Crippen LogP contribution in [-0.4, -0.2) is 34.1 Å². The molecular formula is C37H30F6N4O2. The maximum atomic E-state index is 13.7. The maximum absolute atomic E-state index is 13.7. The summed E-state index contributed by atoms with van der Waals surface area (Å²) in [5, 5.41) is 4.94. The third-order valence-corrected chi connectivity index (χ3v) is 8.68. The van der Waals surface area contributed by atoms with E-state index in [2.05, 4.69) is 15.6 Å². The van der Waals surface area contributed by atoms with Crippen molar-refractivity contribution in [3.8, 4) is 22.3 Å². The summed E-state index contributed by atoms with van der Waals surface area (Å²) in [6.45, 7) is -0.975. The van der Waals surface area contributed by atoms with Crippen molar-refractivity contribution in [1.82, 2.24) is 20.2 Å². The molecule has 0 saturated heterocycles. The fourth-order valence-electron chi connectivity index (χ4n) is 6.47. The van der Waals surface area contributed by atoms with Crippen LogP contribution in [0.25, 0.3) is 22.3 Å². The number of nitrogens with zero attached hydrogens (tertiary/aromatic N) is 2. The maximum Gasteiger partial charge on any atom is 0.416 e. The van der Waals surface area contributed by atoms with Gasteiger partial charge in [0.2, 0.25) is 5.91 Å². The molecule has 252 valence electrons. The molecule has 0 aliphatic heterocycles. The lowest BCUT2D eigenvalue weighted by Gasteiger charge is -2.31. The van der Waals surface area contributed by atoms with Gasteiger partial charge >= 0.3 is 12.4 Å². The van der Waals surface area contributed by atoms with Crippen molar-refractivity contribution in [2.24, 2.45) is 0 Å². The standard InChI is InChI=1S/C37H30F6N4O2/c38-36(39,40)22-45-34(49)35(31-12-5-3-9-28(31)29-10-4-6-13-32(29)35)18-7-19-47-21-26(46-23-47)20-44-33(48)30-11-2-1-8-27(30)24-14-16-25(17-15-24)37(41,42)43/h1-6,8-17,21,23H,7,18-20,22H2,(H,44,48)(H,45,49). The van der Waals surface area contributed by atoms with E-state index in [-0.39, 0.29) is 18.5 Å². The zero-order valence-electron chi connectivity index (χ0n) is 25.9. The topological polar surface area (TPSA) is 76.0 Å². The molecule has 0 saturated carbocycles. The number of imidazole rings is 1. The van der Waals surface area contributed by atoms with Gasteiger partial charge < -0.3 is 15.2 Å². The Labute approximate surface area is 277 Å². The number of rotatable bonds is 10. The Bertz CT molecular complexity index is 1940. The smallest absolute Gasteiger partial charge is 0.346 e. The molecule has 0 spiro atoms. The minimum absolute atomic E-state index is 0.0672. The molecular weight excluding hydrogens is 646 g/mol. The molecule has 2 N–H and O–H groups in total. The highest BCUT2D eigenvalue weighted by Gasteiger charge is 2.49. The lowest BCUT2D eigenvalue weighted by atomic mass is 9.73. The van der Waals surface area contributed by atoms with E-state index in [1.165, 1.54) is 12.1 Å². The zero-order valence-corrected chi connectivity index (χ0v) is 25.9. The van der Waals surface area contributed by atoms with Gasteiger partial charge in [0, 0.05) is 18.3 Å². The number of halogens is 6. The van der Waals surface area contributed by atoms with Crippen molar-refractivity contribution in [2.45, 2.75) is 43.7 Å². The van der Waals surface area contributed by atoms with Gasteiger partial charge in [-0.2, -0.15) is 26.3 Å². The van der Waals surface area contributed by atoms with E-state index in [1.807, 2.05) is 24.3 Å². The second-order valence-corrected chi connectivity index (χ2v) is 11.8. The lowest BCUT2D eigenvalue weighted by Crippen LogP contribution is -2.47. The van der Waals surface area contributed by atoms with E-state index in [0.29, 0.717) is 40.9 Å². The fourth-order valence-corrected chi connectivity index (χ4v) is 6.47. The molecule has 2 amide bonds.